The zero-order valence-corrected chi connectivity index (χ0v) is 11.9. The first-order valence-corrected chi connectivity index (χ1v) is 5.70. The van der Waals surface area contributed by atoms with Gasteiger partial charge in [0, 0.05) is 0 Å². The van der Waals surface area contributed by atoms with Crippen molar-refractivity contribution in [3.05, 3.63) is 35.8 Å². The molecule has 0 unspecified atom stereocenters. The number of methoxy groups -OCH3 is 1. The van der Waals surface area contributed by atoms with Crippen LogP contribution in [-0.4, -0.2) is 13.8 Å². The summed E-state index contributed by atoms with van der Waals surface area (Å²) in [6, 6.07) is 0. The van der Waals surface area contributed by atoms with Crippen LogP contribution in [0.5, 0.6) is 0 Å². The van der Waals surface area contributed by atoms with E-state index in [0.29, 0.717) is 11.5 Å². The molecule has 0 aliphatic rings. The summed E-state index contributed by atoms with van der Waals surface area (Å²) in [6.45, 7) is 19.0. The van der Waals surface area contributed by atoms with Gasteiger partial charge in [0.25, 0.3) is 0 Å². The summed E-state index contributed by atoms with van der Waals surface area (Å²) in [5.74, 6) is 0.653. The highest BCUT2D eigenvalue weighted by molar-refractivity contribution is 5.37. The Labute approximate surface area is 101 Å². The zero-order valence-electron chi connectivity index (χ0n) is 11.9. The van der Waals surface area contributed by atoms with Crippen LogP contribution >= 0.6 is 0 Å². The molecule has 0 aromatic heterocycles. The minimum Gasteiger partial charge on any atom is -0.495 e. The first-order valence-electron chi connectivity index (χ1n) is 5.70. The van der Waals surface area contributed by atoms with Crippen molar-refractivity contribution >= 4 is 6.72 Å². The van der Waals surface area contributed by atoms with Crippen LogP contribution < -0.4 is 0 Å². The van der Waals surface area contributed by atoms with E-state index in [4.69, 9.17) is 4.74 Å². The SMILES string of the molecule is C=NC(=C)/C(=C\C(C)=C/C)OC.CC.CC. The maximum absolute atomic E-state index is 5.06. The lowest BCUT2D eigenvalue weighted by Crippen LogP contribution is -1.88. The predicted octanol–water partition coefficient (Wildman–Crippen LogP) is 4.75. The average molecular weight is 225 g/mol. The summed E-state index contributed by atoms with van der Waals surface area (Å²) < 4.78 is 5.06. The van der Waals surface area contributed by atoms with E-state index in [1.54, 1.807) is 7.11 Å². The number of hydrogen-bond acceptors (Lipinski definition) is 2. The molecule has 0 spiro atoms. The van der Waals surface area contributed by atoms with Crippen molar-refractivity contribution in [2.75, 3.05) is 7.11 Å². The third-order valence-electron chi connectivity index (χ3n) is 1.51. The standard InChI is InChI=1S/C10H15NO.2C2H6/c1-6-8(2)7-10(12-5)9(3)11-4;2*1-2/h6-7H,3-4H2,1-2,5H3;2*1-2H3/b8-6-,10-7+;;. The van der Waals surface area contributed by atoms with Gasteiger partial charge in [0.15, 0.2) is 0 Å². The minimum absolute atomic E-state index is 0.554. The maximum Gasteiger partial charge on any atom is 0.144 e. The van der Waals surface area contributed by atoms with Crippen molar-refractivity contribution in [1.82, 2.24) is 0 Å². The highest BCUT2D eigenvalue weighted by atomic mass is 16.5. The van der Waals surface area contributed by atoms with Crippen LogP contribution in [0.2, 0.25) is 0 Å². The molecular weight excluding hydrogens is 198 g/mol. The van der Waals surface area contributed by atoms with Crippen molar-refractivity contribution in [3.63, 3.8) is 0 Å². The fourth-order valence-corrected chi connectivity index (χ4v) is 0.628. The van der Waals surface area contributed by atoms with Gasteiger partial charge in [-0.3, -0.25) is 4.99 Å². The van der Waals surface area contributed by atoms with Crippen molar-refractivity contribution in [2.45, 2.75) is 41.5 Å². The van der Waals surface area contributed by atoms with Gasteiger partial charge in [-0.25, -0.2) is 0 Å². The summed E-state index contributed by atoms with van der Waals surface area (Å²) in [7, 11) is 1.59. The molecule has 0 aromatic carbocycles. The summed E-state index contributed by atoms with van der Waals surface area (Å²) in [6.07, 6.45) is 3.85. The summed E-state index contributed by atoms with van der Waals surface area (Å²) in [5.41, 5.74) is 1.66. The Morgan fingerprint density at radius 2 is 1.62 bits per heavy atom. The number of nitrogens with zero attached hydrogens (tertiary/aromatic N) is 1. The molecule has 0 fully saturated rings. The number of allylic oxidation sites excluding steroid dienone is 3. The van der Waals surface area contributed by atoms with E-state index in [0.717, 1.165) is 5.57 Å². The Morgan fingerprint density at radius 3 is 1.88 bits per heavy atom. The van der Waals surface area contributed by atoms with Crippen LogP contribution in [0.15, 0.2) is 40.8 Å². The quantitative estimate of drug-likeness (QED) is 0.384. The molecule has 0 N–H and O–H groups in total. The average Bonchev–Trinajstić information content (AvgIpc) is 2.39. The molecule has 0 heterocycles. The number of aliphatic imine (C=N–C) groups is 1. The Morgan fingerprint density at radius 1 is 1.19 bits per heavy atom. The number of rotatable bonds is 4. The smallest absolute Gasteiger partial charge is 0.144 e. The third-order valence-corrected chi connectivity index (χ3v) is 1.51. The van der Waals surface area contributed by atoms with Gasteiger partial charge in [-0.1, -0.05) is 45.9 Å². The second kappa shape index (κ2) is 16.1. The molecule has 0 bridgehead atoms. The molecule has 0 aromatic rings. The molecule has 2 nitrogen and oxygen atoms in total. The van der Waals surface area contributed by atoms with Crippen LogP contribution in [0, 0.1) is 0 Å². The van der Waals surface area contributed by atoms with E-state index >= 15 is 0 Å². The van der Waals surface area contributed by atoms with E-state index in [9.17, 15) is 0 Å². The molecule has 2 heteroatoms. The fraction of sp³-hybridized carbons (Fsp3) is 0.500. The molecule has 0 aliphatic carbocycles. The minimum atomic E-state index is 0.554. The van der Waals surface area contributed by atoms with Gasteiger partial charge in [-0.15, -0.1) is 0 Å². The molecule has 0 saturated carbocycles. The van der Waals surface area contributed by atoms with Gasteiger partial charge in [0.1, 0.15) is 5.76 Å². The zero-order chi connectivity index (χ0) is 13.6. The molecule has 0 radical (unpaired) electrons. The van der Waals surface area contributed by atoms with Crippen LogP contribution in [0.25, 0.3) is 0 Å². The van der Waals surface area contributed by atoms with Crippen LogP contribution in [0.1, 0.15) is 41.5 Å². The van der Waals surface area contributed by atoms with Crippen LogP contribution in [0.3, 0.4) is 0 Å². The molecule has 0 aliphatic heterocycles. The van der Waals surface area contributed by atoms with E-state index in [-0.39, 0.29) is 0 Å². The molecule has 0 amide bonds. The summed E-state index contributed by atoms with van der Waals surface area (Å²) in [4.78, 5) is 3.68. The topological polar surface area (TPSA) is 21.6 Å². The lowest BCUT2D eigenvalue weighted by molar-refractivity contribution is 0.300. The predicted molar refractivity (Wildman–Crippen MR) is 75.9 cm³/mol. The van der Waals surface area contributed by atoms with E-state index in [1.807, 2.05) is 53.7 Å². The lowest BCUT2D eigenvalue weighted by atomic mass is 10.2. The summed E-state index contributed by atoms with van der Waals surface area (Å²) in [5, 5.41) is 0. The molecule has 0 atom stereocenters. The largest absolute Gasteiger partial charge is 0.495 e. The highest BCUT2D eigenvalue weighted by Gasteiger charge is 1.98. The Balaban J connectivity index is -0.000000376. The van der Waals surface area contributed by atoms with Crippen molar-refractivity contribution in [2.24, 2.45) is 4.99 Å². The first kappa shape index (κ1) is 20.1. The van der Waals surface area contributed by atoms with Crippen LogP contribution in [0.4, 0.5) is 0 Å². The first-order chi connectivity index (χ1) is 7.65. The number of hydrogen-bond donors (Lipinski definition) is 0. The van der Waals surface area contributed by atoms with E-state index in [1.165, 1.54) is 0 Å². The highest BCUT2D eigenvalue weighted by Crippen LogP contribution is 2.11. The van der Waals surface area contributed by atoms with Gasteiger partial charge in [-0.2, -0.15) is 0 Å². The molecule has 94 valence electrons. The molecule has 0 saturated heterocycles. The Bertz CT molecular complexity index is 237. The second-order valence-electron chi connectivity index (χ2n) is 2.35. The second-order valence-corrected chi connectivity index (χ2v) is 2.35. The van der Waals surface area contributed by atoms with Crippen molar-refractivity contribution < 1.29 is 4.74 Å². The van der Waals surface area contributed by atoms with Gasteiger partial charge in [-0.05, 0) is 26.6 Å². The molecular formula is C14H27NO. The lowest BCUT2D eigenvalue weighted by Gasteiger charge is -2.04. The fourth-order valence-electron chi connectivity index (χ4n) is 0.628. The number of ether oxygens (including phenoxy) is 1. The Kier molecular flexibility index (Phi) is 20.3. The monoisotopic (exact) mass is 225 g/mol. The van der Waals surface area contributed by atoms with Crippen molar-refractivity contribution in [1.29, 1.82) is 0 Å². The summed E-state index contributed by atoms with van der Waals surface area (Å²) >= 11 is 0. The maximum atomic E-state index is 5.06. The van der Waals surface area contributed by atoms with E-state index < -0.39 is 0 Å². The molecule has 16 heavy (non-hydrogen) atoms. The van der Waals surface area contributed by atoms with Gasteiger partial charge < -0.3 is 4.74 Å². The van der Waals surface area contributed by atoms with Gasteiger partial charge in [0.05, 0.1) is 12.8 Å². The van der Waals surface area contributed by atoms with Gasteiger partial charge in [0.2, 0.25) is 0 Å². The van der Waals surface area contributed by atoms with Crippen molar-refractivity contribution in [3.8, 4) is 0 Å². The van der Waals surface area contributed by atoms with Crippen LogP contribution in [-0.2, 0) is 4.74 Å². The van der Waals surface area contributed by atoms with Gasteiger partial charge >= 0.3 is 0 Å². The third kappa shape index (κ3) is 10.8. The van der Waals surface area contributed by atoms with E-state index in [2.05, 4.69) is 18.3 Å². The normalized spacial score (nSPS) is 10.2. The Hall–Kier alpha value is -1.31. The molecule has 0 rings (SSSR count).